The number of ether oxygens (including phenoxy) is 1. The third-order valence-electron chi connectivity index (χ3n) is 2.04. The Balaban J connectivity index is 2.89. The van der Waals surface area contributed by atoms with Gasteiger partial charge in [-0.3, -0.25) is 4.18 Å². The summed E-state index contributed by atoms with van der Waals surface area (Å²) in [7, 11) is -4.01. The quantitative estimate of drug-likeness (QED) is 0.664. The van der Waals surface area contributed by atoms with Crippen molar-refractivity contribution in [3.63, 3.8) is 0 Å². The lowest BCUT2D eigenvalue weighted by molar-refractivity contribution is 0.0208. The predicted molar refractivity (Wildman–Crippen MR) is 61.6 cm³/mol. The molecule has 1 aliphatic heterocycles. The van der Waals surface area contributed by atoms with Crippen LogP contribution in [-0.2, 0) is 19.2 Å². The highest BCUT2D eigenvalue weighted by atomic mass is 32.2. The van der Waals surface area contributed by atoms with E-state index in [-0.39, 0.29) is 13.2 Å². The first-order valence-corrected chi connectivity index (χ1v) is 6.70. The molecule has 1 fully saturated rings. The molecule has 1 rings (SSSR count). The van der Waals surface area contributed by atoms with Gasteiger partial charge in [0, 0.05) is 12.0 Å². The molecule has 0 saturated carbocycles. The Bertz CT molecular complexity index is 407. The minimum absolute atomic E-state index is 0.0598. The molecule has 1 amide bonds. The molecule has 1 saturated heterocycles. The van der Waals surface area contributed by atoms with E-state index in [1.54, 1.807) is 20.8 Å². The van der Waals surface area contributed by atoms with E-state index >= 15 is 0 Å². The minimum atomic E-state index is -4.01. The number of hydrogen-bond acceptors (Lipinski definition) is 5. The van der Waals surface area contributed by atoms with E-state index in [1.807, 2.05) is 13.8 Å². The molecule has 0 spiro atoms. The largest absolute Gasteiger partial charge is 0.443 e. The number of carbonyl (C=O) groups excluding carboxylic acids is 1. The van der Waals surface area contributed by atoms with Gasteiger partial charge in [-0.2, -0.15) is 12.7 Å². The van der Waals surface area contributed by atoms with Crippen LogP contribution in [0.1, 0.15) is 34.6 Å². The van der Waals surface area contributed by atoms with Crippen LogP contribution in [-0.4, -0.2) is 37.6 Å². The molecular weight excluding hydrogens is 246 g/mol. The molecule has 0 radical (unpaired) electrons. The van der Waals surface area contributed by atoms with Crippen LogP contribution in [0.25, 0.3) is 0 Å². The summed E-state index contributed by atoms with van der Waals surface area (Å²) in [4.78, 5) is 11.8. The first kappa shape index (κ1) is 14.2. The molecule has 0 aliphatic carbocycles. The number of hydrogen-bond donors (Lipinski definition) is 0. The molecule has 100 valence electrons. The Morgan fingerprint density at radius 2 is 1.88 bits per heavy atom. The molecule has 0 aromatic heterocycles. The average molecular weight is 265 g/mol. The van der Waals surface area contributed by atoms with Gasteiger partial charge in [-0.1, -0.05) is 13.8 Å². The number of amides is 1. The van der Waals surface area contributed by atoms with Gasteiger partial charge in [-0.25, -0.2) is 4.79 Å². The van der Waals surface area contributed by atoms with Crippen LogP contribution in [0.5, 0.6) is 0 Å². The van der Waals surface area contributed by atoms with Gasteiger partial charge in [-0.05, 0) is 20.8 Å². The van der Waals surface area contributed by atoms with E-state index in [0.29, 0.717) is 4.31 Å². The maximum absolute atomic E-state index is 11.8. The Hall–Kier alpha value is -0.820. The average Bonchev–Trinajstić information content (AvgIpc) is 2.07. The lowest BCUT2D eigenvalue weighted by Crippen LogP contribution is -2.51. The van der Waals surface area contributed by atoms with Gasteiger partial charge in [-0.15, -0.1) is 0 Å². The van der Waals surface area contributed by atoms with Crippen molar-refractivity contribution in [2.75, 3.05) is 13.2 Å². The van der Waals surface area contributed by atoms with Gasteiger partial charge in [0.25, 0.3) is 0 Å². The van der Waals surface area contributed by atoms with Gasteiger partial charge in [0.05, 0.1) is 6.61 Å². The van der Waals surface area contributed by atoms with Gasteiger partial charge in [0.2, 0.25) is 0 Å². The Labute approximate surface area is 102 Å². The van der Waals surface area contributed by atoms with E-state index < -0.39 is 27.4 Å². The molecule has 1 aliphatic rings. The second-order valence-corrected chi connectivity index (χ2v) is 7.40. The van der Waals surface area contributed by atoms with E-state index in [1.165, 1.54) is 0 Å². The molecule has 6 nitrogen and oxygen atoms in total. The maximum atomic E-state index is 11.8. The van der Waals surface area contributed by atoms with Crippen LogP contribution in [0.3, 0.4) is 0 Å². The highest BCUT2D eigenvalue weighted by molar-refractivity contribution is 7.84. The highest BCUT2D eigenvalue weighted by Crippen LogP contribution is 2.27. The summed E-state index contributed by atoms with van der Waals surface area (Å²) in [5.74, 6) is 0. The molecule has 0 bridgehead atoms. The summed E-state index contributed by atoms with van der Waals surface area (Å²) in [6.45, 7) is 8.78. The summed E-state index contributed by atoms with van der Waals surface area (Å²) in [6, 6.07) is 0. The second kappa shape index (κ2) is 4.13. The molecule has 0 atom stereocenters. The first-order valence-electron chi connectivity index (χ1n) is 5.33. The van der Waals surface area contributed by atoms with Crippen LogP contribution in [0.4, 0.5) is 4.79 Å². The van der Waals surface area contributed by atoms with E-state index in [0.717, 1.165) is 0 Å². The van der Waals surface area contributed by atoms with Gasteiger partial charge >= 0.3 is 16.4 Å². The summed E-state index contributed by atoms with van der Waals surface area (Å²) in [5, 5.41) is 0. The molecule has 7 heteroatoms. The fourth-order valence-corrected chi connectivity index (χ4v) is 2.60. The van der Waals surface area contributed by atoms with Crippen molar-refractivity contribution in [2.45, 2.75) is 40.2 Å². The molecule has 0 unspecified atom stereocenters. The van der Waals surface area contributed by atoms with Crippen LogP contribution in [0.15, 0.2) is 0 Å². The van der Waals surface area contributed by atoms with Crippen molar-refractivity contribution in [1.29, 1.82) is 0 Å². The number of carbonyl (C=O) groups is 1. The summed E-state index contributed by atoms with van der Waals surface area (Å²) >= 11 is 0. The number of rotatable bonds is 0. The van der Waals surface area contributed by atoms with Gasteiger partial charge in [0.1, 0.15) is 5.60 Å². The van der Waals surface area contributed by atoms with Crippen molar-refractivity contribution in [1.82, 2.24) is 4.31 Å². The topological polar surface area (TPSA) is 72.9 Å². The maximum Gasteiger partial charge on any atom is 0.425 e. The fourth-order valence-electron chi connectivity index (χ4n) is 1.28. The van der Waals surface area contributed by atoms with Gasteiger partial charge < -0.3 is 4.74 Å². The SMILES string of the molecule is CC1(C)COS(=O)(=O)N(C(=O)OC(C)(C)C)C1. The molecule has 0 aromatic rings. The fraction of sp³-hybridized carbons (Fsp3) is 0.900. The molecule has 17 heavy (non-hydrogen) atoms. The predicted octanol–water partition coefficient (Wildman–Crippen LogP) is 1.52. The Morgan fingerprint density at radius 1 is 1.35 bits per heavy atom. The van der Waals surface area contributed by atoms with Crippen LogP contribution in [0.2, 0.25) is 0 Å². The summed E-state index contributed by atoms with van der Waals surface area (Å²) in [6.07, 6.45) is -0.898. The molecular formula is C10H19NO5S. The summed E-state index contributed by atoms with van der Waals surface area (Å²) in [5.41, 5.74) is -1.16. The van der Waals surface area contributed by atoms with E-state index in [4.69, 9.17) is 8.92 Å². The van der Waals surface area contributed by atoms with Crippen molar-refractivity contribution >= 4 is 16.4 Å². The van der Waals surface area contributed by atoms with Crippen molar-refractivity contribution in [2.24, 2.45) is 5.41 Å². The Morgan fingerprint density at radius 3 is 2.35 bits per heavy atom. The van der Waals surface area contributed by atoms with Crippen LogP contribution >= 0.6 is 0 Å². The molecule has 0 aromatic carbocycles. The Kier molecular flexibility index (Phi) is 3.46. The van der Waals surface area contributed by atoms with Crippen LogP contribution in [0, 0.1) is 5.41 Å². The van der Waals surface area contributed by atoms with E-state index in [9.17, 15) is 13.2 Å². The second-order valence-electron chi connectivity index (χ2n) is 5.87. The third kappa shape index (κ3) is 3.85. The lowest BCUT2D eigenvalue weighted by atomic mass is 9.95. The van der Waals surface area contributed by atoms with Gasteiger partial charge in [0.15, 0.2) is 0 Å². The minimum Gasteiger partial charge on any atom is -0.443 e. The summed E-state index contributed by atoms with van der Waals surface area (Å²) < 4.78 is 33.6. The van der Waals surface area contributed by atoms with Crippen molar-refractivity contribution < 1.29 is 22.1 Å². The first-order chi connectivity index (χ1) is 7.43. The molecule has 1 heterocycles. The monoisotopic (exact) mass is 265 g/mol. The smallest absolute Gasteiger partial charge is 0.425 e. The van der Waals surface area contributed by atoms with Crippen molar-refractivity contribution in [3.05, 3.63) is 0 Å². The van der Waals surface area contributed by atoms with Crippen molar-refractivity contribution in [3.8, 4) is 0 Å². The zero-order valence-corrected chi connectivity index (χ0v) is 11.6. The highest BCUT2D eigenvalue weighted by Gasteiger charge is 2.42. The normalized spacial score (nSPS) is 23.2. The zero-order valence-electron chi connectivity index (χ0n) is 10.8. The molecule has 0 N–H and O–H groups in total. The lowest BCUT2D eigenvalue weighted by Gasteiger charge is -2.36. The zero-order chi connectivity index (χ0) is 13.5. The third-order valence-corrected chi connectivity index (χ3v) is 3.27. The van der Waals surface area contributed by atoms with E-state index in [2.05, 4.69) is 0 Å². The number of nitrogens with zero attached hydrogens (tertiary/aromatic N) is 1. The standard InChI is InChI=1S/C10H19NO5S/c1-9(2,3)16-8(12)11-6-10(4,5)7-15-17(11,13)14/h6-7H2,1-5H3. The van der Waals surface area contributed by atoms with Crippen LogP contribution < -0.4 is 0 Å².